The maximum absolute atomic E-state index is 12.5. The molecule has 0 aliphatic carbocycles. The second-order valence-corrected chi connectivity index (χ2v) is 6.30. The quantitative estimate of drug-likeness (QED) is 0.478. The molecule has 0 saturated heterocycles. The molecule has 0 fully saturated rings. The van der Waals surface area contributed by atoms with Crippen molar-refractivity contribution in [2.75, 3.05) is 6.61 Å². The summed E-state index contributed by atoms with van der Waals surface area (Å²) >= 11 is 6.45. The molecule has 3 rings (SSSR count). The van der Waals surface area contributed by atoms with Gasteiger partial charge in [-0.1, -0.05) is 41.9 Å². The van der Waals surface area contributed by atoms with Crippen molar-refractivity contribution in [3.8, 4) is 11.4 Å². The molecule has 0 saturated carbocycles. The lowest BCUT2D eigenvalue weighted by Gasteiger charge is -2.04. The van der Waals surface area contributed by atoms with Gasteiger partial charge in [0.05, 0.1) is 11.4 Å². The Labute approximate surface area is 166 Å². The zero-order valence-electron chi connectivity index (χ0n) is 15.0. The van der Waals surface area contributed by atoms with Gasteiger partial charge in [-0.2, -0.15) is 5.10 Å². The van der Waals surface area contributed by atoms with Crippen molar-refractivity contribution < 1.29 is 19.4 Å². The predicted octanol–water partition coefficient (Wildman–Crippen LogP) is 4.19. The third-order valence-corrected chi connectivity index (χ3v) is 4.29. The number of rotatable bonds is 7. The highest BCUT2D eigenvalue weighted by atomic mass is 35.5. The first-order valence-electron chi connectivity index (χ1n) is 8.43. The number of carbonyl (C=O) groups excluding carboxylic acids is 1. The van der Waals surface area contributed by atoms with Crippen LogP contribution in [0.2, 0.25) is 5.15 Å². The zero-order chi connectivity index (χ0) is 20.1. The van der Waals surface area contributed by atoms with Crippen molar-refractivity contribution >= 4 is 29.4 Å². The van der Waals surface area contributed by atoms with Gasteiger partial charge in [0, 0.05) is 11.1 Å². The number of carbonyl (C=O) groups is 2. The molecule has 142 valence electrons. The number of aromatic nitrogens is 2. The number of benzene rings is 2. The fraction of sp³-hybridized carbons (Fsp3) is 0.0952. The fourth-order valence-electron chi connectivity index (χ4n) is 2.58. The van der Waals surface area contributed by atoms with Gasteiger partial charge in [0.1, 0.15) is 10.9 Å². The Bertz CT molecular complexity index is 1040. The molecule has 7 heteroatoms. The molecule has 0 aliphatic heterocycles. The normalized spacial score (nSPS) is 10.9. The van der Waals surface area contributed by atoms with Crippen LogP contribution in [-0.4, -0.2) is 33.2 Å². The van der Waals surface area contributed by atoms with Gasteiger partial charge in [0.15, 0.2) is 12.4 Å². The van der Waals surface area contributed by atoms with Crippen molar-refractivity contribution in [2.45, 2.75) is 6.92 Å². The molecule has 1 heterocycles. The van der Waals surface area contributed by atoms with E-state index in [2.05, 4.69) is 5.10 Å². The lowest BCUT2D eigenvalue weighted by Crippen LogP contribution is -2.09. The van der Waals surface area contributed by atoms with Crippen LogP contribution in [0.5, 0.6) is 5.75 Å². The van der Waals surface area contributed by atoms with Crippen LogP contribution in [0.4, 0.5) is 0 Å². The number of carboxylic acids is 1. The molecular formula is C21H17ClN2O4. The minimum absolute atomic E-state index is 0.260. The van der Waals surface area contributed by atoms with Crippen molar-refractivity contribution in [3.63, 3.8) is 0 Å². The molecular weight excluding hydrogens is 380 g/mol. The van der Waals surface area contributed by atoms with E-state index in [-0.39, 0.29) is 5.78 Å². The van der Waals surface area contributed by atoms with Crippen molar-refractivity contribution in [3.05, 3.63) is 82.6 Å². The number of para-hydroxylation sites is 1. The number of ether oxygens (including phenoxy) is 1. The Morgan fingerprint density at radius 1 is 1.18 bits per heavy atom. The average molecular weight is 397 g/mol. The van der Waals surface area contributed by atoms with E-state index in [0.717, 1.165) is 5.69 Å². The standard InChI is InChI=1S/C21H17ClN2O4/c1-14-18(21(22)24(23-14)16-7-3-2-4-8-16)10-11-19(25)15-6-5-9-17(12-15)28-13-20(26)27/h2-12H,13H2,1H3,(H,26,27)/b11-10+. The van der Waals surface area contributed by atoms with E-state index < -0.39 is 12.6 Å². The van der Waals surface area contributed by atoms with Gasteiger partial charge in [-0.15, -0.1) is 0 Å². The highest BCUT2D eigenvalue weighted by Gasteiger charge is 2.13. The summed E-state index contributed by atoms with van der Waals surface area (Å²) in [5.41, 5.74) is 2.54. The van der Waals surface area contributed by atoms with Gasteiger partial charge in [-0.05, 0) is 43.3 Å². The van der Waals surface area contributed by atoms with Gasteiger partial charge in [0.2, 0.25) is 0 Å². The summed E-state index contributed by atoms with van der Waals surface area (Å²) in [7, 11) is 0. The molecule has 6 nitrogen and oxygen atoms in total. The van der Waals surface area contributed by atoms with Crippen LogP contribution < -0.4 is 4.74 Å². The molecule has 3 aromatic rings. The van der Waals surface area contributed by atoms with E-state index >= 15 is 0 Å². The van der Waals surface area contributed by atoms with Gasteiger partial charge in [0.25, 0.3) is 0 Å². The van der Waals surface area contributed by atoms with Crippen LogP contribution in [0.15, 0.2) is 60.7 Å². The van der Waals surface area contributed by atoms with Crippen LogP contribution in [0.25, 0.3) is 11.8 Å². The number of halogens is 1. The summed E-state index contributed by atoms with van der Waals surface area (Å²) in [4.78, 5) is 23.1. The van der Waals surface area contributed by atoms with Crippen LogP contribution >= 0.6 is 11.6 Å². The van der Waals surface area contributed by atoms with Gasteiger partial charge < -0.3 is 9.84 Å². The molecule has 0 amide bonds. The monoisotopic (exact) mass is 396 g/mol. The largest absolute Gasteiger partial charge is 0.482 e. The van der Waals surface area contributed by atoms with Gasteiger partial charge >= 0.3 is 5.97 Å². The third kappa shape index (κ3) is 4.47. The van der Waals surface area contributed by atoms with Gasteiger partial charge in [-0.25, -0.2) is 9.48 Å². The summed E-state index contributed by atoms with van der Waals surface area (Å²) in [5.74, 6) is -1.03. The minimum Gasteiger partial charge on any atom is -0.482 e. The SMILES string of the molecule is Cc1nn(-c2ccccc2)c(Cl)c1/C=C/C(=O)c1cccc(OCC(=O)O)c1. The van der Waals surface area contributed by atoms with E-state index in [9.17, 15) is 9.59 Å². The van der Waals surface area contributed by atoms with Gasteiger partial charge in [-0.3, -0.25) is 4.79 Å². The Kier molecular flexibility index (Phi) is 5.91. The van der Waals surface area contributed by atoms with Crippen molar-refractivity contribution in [1.29, 1.82) is 0 Å². The van der Waals surface area contributed by atoms with E-state index in [4.69, 9.17) is 21.4 Å². The van der Waals surface area contributed by atoms with Crippen LogP contribution in [0, 0.1) is 6.92 Å². The van der Waals surface area contributed by atoms with E-state index in [1.54, 1.807) is 29.0 Å². The molecule has 1 aromatic heterocycles. The van der Waals surface area contributed by atoms with E-state index in [1.807, 2.05) is 37.3 Å². The predicted molar refractivity (Wildman–Crippen MR) is 106 cm³/mol. The number of hydrogen-bond donors (Lipinski definition) is 1. The second-order valence-electron chi connectivity index (χ2n) is 5.95. The number of hydrogen-bond acceptors (Lipinski definition) is 4. The van der Waals surface area contributed by atoms with E-state index in [0.29, 0.717) is 27.7 Å². The molecule has 0 atom stereocenters. The number of nitrogens with zero attached hydrogens (tertiary/aromatic N) is 2. The first-order chi connectivity index (χ1) is 13.5. The van der Waals surface area contributed by atoms with Crippen LogP contribution in [0.3, 0.4) is 0 Å². The molecule has 0 spiro atoms. The molecule has 0 aliphatic rings. The Morgan fingerprint density at radius 3 is 2.64 bits per heavy atom. The van der Waals surface area contributed by atoms with Crippen LogP contribution in [-0.2, 0) is 4.79 Å². The molecule has 0 bridgehead atoms. The van der Waals surface area contributed by atoms with E-state index in [1.165, 1.54) is 12.1 Å². The Balaban J connectivity index is 1.81. The number of allylic oxidation sites excluding steroid dienone is 1. The smallest absolute Gasteiger partial charge is 0.341 e. The first kappa shape index (κ1) is 19.4. The fourth-order valence-corrected chi connectivity index (χ4v) is 2.92. The summed E-state index contributed by atoms with van der Waals surface area (Å²) in [6.45, 7) is 1.34. The Morgan fingerprint density at radius 2 is 1.93 bits per heavy atom. The average Bonchev–Trinajstić information content (AvgIpc) is 2.99. The molecule has 28 heavy (non-hydrogen) atoms. The lowest BCUT2D eigenvalue weighted by molar-refractivity contribution is -0.139. The maximum atomic E-state index is 12.5. The highest BCUT2D eigenvalue weighted by Crippen LogP contribution is 2.25. The molecule has 0 unspecified atom stereocenters. The number of aryl methyl sites for hydroxylation is 1. The number of aliphatic carboxylic acids is 1. The summed E-state index contributed by atoms with van der Waals surface area (Å²) < 4.78 is 6.71. The molecule has 0 radical (unpaired) electrons. The lowest BCUT2D eigenvalue weighted by atomic mass is 10.1. The highest BCUT2D eigenvalue weighted by molar-refractivity contribution is 6.31. The second kappa shape index (κ2) is 8.54. The minimum atomic E-state index is -1.09. The van der Waals surface area contributed by atoms with Crippen molar-refractivity contribution in [2.24, 2.45) is 0 Å². The third-order valence-electron chi connectivity index (χ3n) is 3.93. The number of carboxylic acid groups (broad SMARTS) is 1. The topological polar surface area (TPSA) is 81.4 Å². The molecule has 1 N–H and O–H groups in total. The first-order valence-corrected chi connectivity index (χ1v) is 8.81. The Hall–Kier alpha value is -3.38. The zero-order valence-corrected chi connectivity index (χ0v) is 15.8. The number of ketones is 1. The summed E-state index contributed by atoms with van der Waals surface area (Å²) in [6.07, 6.45) is 3.03. The molecule has 2 aromatic carbocycles. The summed E-state index contributed by atoms with van der Waals surface area (Å²) in [6, 6.07) is 15.8. The van der Waals surface area contributed by atoms with Crippen molar-refractivity contribution in [1.82, 2.24) is 9.78 Å². The maximum Gasteiger partial charge on any atom is 0.341 e. The van der Waals surface area contributed by atoms with Crippen LogP contribution in [0.1, 0.15) is 21.6 Å². The summed E-state index contributed by atoms with van der Waals surface area (Å²) in [5, 5.41) is 13.5.